The van der Waals surface area contributed by atoms with Crippen molar-refractivity contribution in [1.29, 1.82) is 0 Å². The molecule has 0 aliphatic carbocycles. The Bertz CT molecular complexity index is 1300. The fourth-order valence-corrected chi connectivity index (χ4v) is 4.40. The molecule has 0 spiro atoms. The molecule has 4 aromatic rings. The van der Waals surface area contributed by atoms with Crippen molar-refractivity contribution in [3.63, 3.8) is 0 Å². The van der Waals surface area contributed by atoms with Gasteiger partial charge in [0.15, 0.2) is 5.82 Å². The van der Waals surface area contributed by atoms with Gasteiger partial charge in [-0.05, 0) is 48.9 Å². The summed E-state index contributed by atoms with van der Waals surface area (Å²) in [6.07, 6.45) is 2.21. The number of methoxy groups -OCH3 is 1. The Kier molecular flexibility index (Phi) is 6.18. The van der Waals surface area contributed by atoms with Crippen LogP contribution in [0.3, 0.4) is 0 Å². The van der Waals surface area contributed by atoms with Gasteiger partial charge in [-0.25, -0.2) is 9.99 Å². The largest absolute Gasteiger partial charge is 0.497 e. The lowest BCUT2D eigenvalue weighted by Gasteiger charge is -2.19. The van der Waals surface area contributed by atoms with Crippen molar-refractivity contribution in [2.75, 3.05) is 12.9 Å². The predicted molar refractivity (Wildman–Crippen MR) is 130 cm³/mol. The first-order valence-corrected chi connectivity index (χ1v) is 11.8. The highest BCUT2D eigenvalue weighted by atomic mass is 32.2. The van der Waals surface area contributed by atoms with Crippen LogP contribution in [0.1, 0.15) is 29.3 Å². The highest BCUT2D eigenvalue weighted by molar-refractivity contribution is 7.99. The van der Waals surface area contributed by atoms with Gasteiger partial charge in [-0.15, -0.1) is 5.10 Å². The molecule has 2 aromatic heterocycles. The highest BCUT2D eigenvalue weighted by Crippen LogP contribution is 2.34. The number of amides is 1. The summed E-state index contributed by atoms with van der Waals surface area (Å²) >= 11 is 1.27. The van der Waals surface area contributed by atoms with E-state index in [4.69, 9.17) is 9.15 Å². The standard InChI is InChI=1S/C25H23N5O3S/c1-16-5-7-17(8-6-16)20-14-21(22-4-3-13-33-22)30(29-20)23(31)15-34-25-26-24(27-28-25)18-9-11-19(32-2)12-10-18/h3-13,21H,14-15H2,1-2H3,(H,26,27,28)/t21-/m0/s1. The van der Waals surface area contributed by atoms with E-state index in [-0.39, 0.29) is 17.7 Å². The Hall–Kier alpha value is -3.85. The van der Waals surface area contributed by atoms with Gasteiger partial charge in [-0.2, -0.15) is 5.10 Å². The van der Waals surface area contributed by atoms with Crippen LogP contribution in [0.15, 0.2) is 81.6 Å². The molecule has 172 valence electrons. The number of carbonyl (C=O) groups is 1. The van der Waals surface area contributed by atoms with Crippen LogP contribution in [0.5, 0.6) is 5.75 Å². The fourth-order valence-electron chi connectivity index (χ4n) is 3.74. The number of hydrogen-bond donors (Lipinski definition) is 1. The van der Waals surface area contributed by atoms with E-state index in [1.54, 1.807) is 13.4 Å². The first-order chi connectivity index (χ1) is 16.6. The van der Waals surface area contributed by atoms with Crippen LogP contribution >= 0.6 is 11.8 Å². The topological polar surface area (TPSA) is 96.6 Å². The van der Waals surface area contributed by atoms with Crippen LogP contribution in [0.4, 0.5) is 0 Å². The van der Waals surface area contributed by atoms with E-state index in [1.165, 1.54) is 22.3 Å². The minimum absolute atomic E-state index is 0.135. The van der Waals surface area contributed by atoms with Crippen LogP contribution in [0, 0.1) is 6.92 Å². The van der Waals surface area contributed by atoms with Crippen molar-refractivity contribution in [1.82, 2.24) is 20.2 Å². The van der Waals surface area contributed by atoms with Gasteiger partial charge < -0.3 is 9.15 Å². The summed E-state index contributed by atoms with van der Waals surface area (Å²) in [6, 6.07) is 19.1. The average Bonchev–Trinajstić information content (AvgIpc) is 3.64. The average molecular weight is 474 g/mol. The zero-order valence-electron chi connectivity index (χ0n) is 18.8. The Morgan fingerprint density at radius 3 is 2.62 bits per heavy atom. The monoisotopic (exact) mass is 473 g/mol. The first-order valence-electron chi connectivity index (χ1n) is 10.8. The maximum atomic E-state index is 13.2. The maximum absolute atomic E-state index is 13.2. The van der Waals surface area contributed by atoms with E-state index in [1.807, 2.05) is 67.6 Å². The number of nitrogens with zero attached hydrogens (tertiary/aromatic N) is 4. The number of carbonyl (C=O) groups excluding carboxylic acids is 1. The quantitative estimate of drug-likeness (QED) is 0.386. The molecule has 0 fully saturated rings. The van der Waals surface area contributed by atoms with E-state index < -0.39 is 0 Å². The minimum Gasteiger partial charge on any atom is -0.497 e. The molecule has 3 heterocycles. The number of hydrazone groups is 1. The summed E-state index contributed by atoms with van der Waals surface area (Å²) < 4.78 is 10.8. The van der Waals surface area contributed by atoms with Crippen molar-refractivity contribution in [2.45, 2.75) is 24.5 Å². The van der Waals surface area contributed by atoms with Gasteiger partial charge >= 0.3 is 0 Å². The lowest BCUT2D eigenvalue weighted by atomic mass is 10.0. The van der Waals surface area contributed by atoms with Crippen molar-refractivity contribution in [3.05, 3.63) is 83.8 Å². The van der Waals surface area contributed by atoms with Crippen LogP contribution in [-0.4, -0.2) is 44.7 Å². The molecular formula is C25H23N5O3S. The van der Waals surface area contributed by atoms with Crippen LogP contribution in [0.25, 0.3) is 11.4 Å². The maximum Gasteiger partial charge on any atom is 0.253 e. The van der Waals surface area contributed by atoms with Gasteiger partial charge in [0.25, 0.3) is 5.91 Å². The third kappa shape index (κ3) is 4.60. The Balaban J connectivity index is 1.30. The summed E-state index contributed by atoms with van der Waals surface area (Å²) in [5.74, 6) is 2.13. The number of H-pyrrole nitrogens is 1. The third-order valence-corrected chi connectivity index (χ3v) is 6.41. The molecule has 0 saturated heterocycles. The molecule has 0 radical (unpaired) electrons. The van der Waals surface area contributed by atoms with Crippen molar-refractivity contribution >= 4 is 23.4 Å². The molecule has 1 aliphatic rings. The lowest BCUT2D eigenvalue weighted by molar-refractivity contribution is -0.130. The van der Waals surface area contributed by atoms with E-state index in [0.717, 1.165) is 22.6 Å². The highest BCUT2D eigenvalue weighted by Gasteiger charge is 2.34. The SMILES string of the molecule is COc1ccc(-c2nc(SCC(=O)N3N=C(c4ccc(C)cc4)C[C@H]3c3ccco3)n[nH]2)cc1. The number of rotatable bonds is 7. The van der Waals surface area contributed by atoms with Gasteiger partial charge in [-0.3, -0.25) is 9.89 Å². The van der Waals surface area contributed by atoms with Gasteiger partial charge in [0.2, 0.25) is 5.16 Å². The molecule has 8 nitrogen and oxygen atoms in total. The lowest BCUT2D eigenvalue weighted by Crippen LogP contribution is -2.28. The summed E-state index contributed by atoms with van der Waals surface area (Å²) in [6.45, 7) is 2.04. The second-order valence-electron chi connectivity index (χ2n) is 7.87. The zero-order valence-corrected chi connectivity index (χ0v) is 19.6. The van der Waals surface area contributed by atoms with Crippen molar-refractivity contribution < 1.29 is 13.9 Å². The van der Waals surface area contributed by atoms with Crippen molar-refractivity contribution in [3.8, 4) is 17.1 Å². The molecule has 0 bridgehead atoms. The number of benzene rings is 2. The van der Waals surface area contributed by atoms with Crippen molar-refractivity contribution in [2.24, 2.45) is 5.10 Å². The number of furan rings is 1. The molecule has 1 amide bonds. The molecule has 1 aliphatic heterocycles. The van der Waals surface area contributed by atoms with E-state index in [2.05, 4.69) is 20.3 Å². The number of aryl methyl sites for hydroxylation is 1. The van der Waals surface area contributed by atoms with Crippen LogP contribution in [0.2, 0.25) is 0 Å². The van der Waals surface area contributed by atoms with Crippen LogP contribution < -0.4 is 4.74 Å². The van der Waals surface area contributed by atoms with Gasteiger partial charge in [0.1, 0.15) is 17.6 Å². The molecule has 9 heteroatoms. The summed E-state index contributed by atoms with van der Waals surface area (Å²) in [5, 5.41) is 13.9. The Morgan fingerprint density at radius 1 is 1.15 bits per heavy atom. The Morgan fingerprint density at radius 2 is 1.91 bits per heavy atom. The number of nitrogens with one attached hydrogen (secondary N) is 1. The van der Waals surface area contributed by atoms with Gasteiger partial charge in [-0.1, -0.05) is 41.6 Å². The van der Waals surface area contributed by atoms with Gasteiger partial charge in [0.05, 0.1) is 24.8 Å². The minimum atomic E-state index is -0.276. The Labute approximate surface area is 201 Å². The number of aromatic amines is 1. The molecule has 2 aromatic carbocycles. The number of thioether (sulfide) groups is 1. The summed E-state index contributed by atoms with van der Waals surface area (Å²) in [4.78, 5) is 17.7. The second-order valence-corrected chi connectivity index (χ2v) is 8.81. The molecule has 0 unspecified atom stereocenters. The summed E-state index contributed by atoms with van der Waals surface area (Å²) in [7, 11) is 1.62. The number of aromatic nitrogens is 3. The molecule has 5 rings (SSSR count). The van der Waals surface area contributed by atoms with E-state index in [0.29, 0.717) is 23.2 Å². The number of ether oxygens (including phenoxy) is 1. The van der Waals surface area contributed by atoms with Gasteiger partial charge in [0, 0.05) is 12.0 Å². The molecule has 1 N–H and O–H groups in total. The third-order valence-electron chi connectivity index (χ3n) is 5.58. The molecular weight excluding hydrogens is 450 g/mol. The second kappa shape index (κ2) is 9.56. The fraction of sp³-hybridized carbons (Fsp3) is 0.200. The first kappa shape index (κ1) is 22.0. The number of hydrogen-bond acceptors (Lipinski definition) is 7. The van der Waals surface area contributed by atoms with E-state index >= 15 is 0 Å². The molecule has 0 saturated carbocycles. The van der Waals surface area contributed by atoms with E-state index in [9.17, 15) is 4.79 Å². The zero-order chi connectivity index (χ0) is 23.5. The predicted octanol–water partition coefficient (Wildman–Crippen LogP) is 4.85. The molecule has 34 heavy (non-hydrogen) atoms. The normalized spacial score (nSPS) is 15.4. The van der Waals surface area contributed by atoms with Crippen LogP contribution in [-0.2, 0) is 4.79 Å². The molecule has 1 atom stereocenters. The summed E-state index contributed by atoms with van der Waals surface area (Å²) in [5.41, 5.74) is 3.92. The smallest absolute Gasteiger partial charge is 0.253 e.